The Morgan fingerprint density at radius 3 is 1.97 bits per heavy atom. The Balaban J connectivity index is 1.63. The van der Waals surface area contributed by atoms with Gasteiger partial charge in [0.05, 0.1) is 5.30 Å². The van der Waals surface area contributed by atoms with E-state index in [-0.39, 0.29) is 0 Å². The van der Waals surface area contributed by atoms with Crippen LogP contribution >= 0.6 is 7.92 Å². The summed E-state index contributed by atoms with van der Waals surface area (Å²) in [6.45, 7) is 0. The van der Waals surface area contributed by atoms with Crippen LogP contribution in [0.5, 0.6) is 23.0 Å². The minimum absolute atomic E-state index is 0.774. The Morgan fingerprint density at radius 1 is 0.483 bits per heavy atom. The Bertz CT molecular complexity index is 1470. The first-order chi connectivity index (χ1) is 14.4. The molecule has 0 saturated carbocycles. The van der Waals surface area contributed by atoms with E-state index in [9.17, 15) is 0 Å². The van der Waals surface area contributed by atoms with Crippen LogP contribution in [0.4, 0.5) is 0 Å². The van der Waals surface area contributed by atoms with E-state index in [2.05, 4.69) is 84.9 Å². The molecule has 0 fully saturated rings. The van der Waals surface area contributed by atoms with Gasteiger partial charge in [-0.05, 0) is 51.9 Å². The highest BCUT2D eigenvalue weighted by Crippen LogP contribution is 2.54. The van der Waals surface area contributed by atoms with Gasteiger partial charge < -0.3 is 9.47 Å². The van der Waals surface area contributed by atoms with E-state index in [0.717, 1.165) is 23.0 Å². The molecule has 1 atom stereocenters. The van der Waals surface area contributed by atoms with Gasteiger partial charge in [0.1, 0.15) is 23.0 Å². The molecule has 2 heterocycles. The second kappa shape index (κ2) is 5.59. The van der Waals surface area contributed by atoms with Crippen LogP contribution in [0, 0.1) is 0 Å². The van der Waals surface area contributed by atoms with Gasteiger partial charge in [0.2, 0.25) is 0 Å². The van der Waals surface area contributed by atoms with Crippen LogP contribution in [0.2, 0.25) is 0 Å². The van der Waals surface area contributed by atoms with Crippen molar-refractivity contribution in [2.24, 2.45) is 0 Å². The average Bonchev–Trinajstić information content (AvgIpc) is 2.77. The normalized spacial score (nSPS) is 15.8. The van der Waals surface area contributed by atoms with Crippen molar-refractivity contribution in [2.75, 3.05) is 0 Å². The molecular weight excluding hydrogens is 375 g/mol. The minimum atomic E-state index is -0.774. The zero-order chi connectivity index (χ0) is 18.9. The van der Waals surface area contributed by atoms with E-state index in [1.807, 2.05) is 6.07 Å². The van der Waals surface area contributed by atoms with E-state index < -0.39 is 7.92 Å². The molecule has 5 aromatic rings. The fourth-order valence-electron chi connectivity index (χ4n) is 4.49. The number of benzene rings is 5. The molecule has 2 aliphatic heterocycles. The number of hydrogen-bond acceptors (Lipinski definition) is 2. The molecule has 0 bridgehead atoms. The van der Waals surface area contributed by atoms with Gasteiger partial charge in [-0.1, -0.05) is 60.7 Å². The second-order valence-electron chi connectivity index (χ2n) is 7.44. The highest BCUT2D eigenvalue weighted by molar-refractivity contribution is 7.81. The molecule has 0 aromatic heterocycles. The van der Waals surface area contributed by atoms with Crippen molar-refractivity contribution in [1.29, 1.82) is 0 Å². The maximum absolute atomic E-state index is 6.40. The predicted octanol–water partition coefficient (Wildman–Crippen LogP) is 5.96. The zero-order valence-corrected chi connectivity index (χ0v) is 16.3. The van der Waals surface area contributed by atoms with E-state index in [4.69, 9.17) is 9.47 Å². The Morgan fingerprint density at radius 2 is 1.14 bits per heavy atom. The lowest BCUT2D eigenvalue weighted by atomic mass is 10.1. The predicted molar refractivity (Wildman–Crippen MR) is 120 cm³/mol. The smallest absolute Gasteiger partial charge is 0.139 e. The zero-order valence-electron chi connectivity index (χ0n) is 15.4. The van der Waals surface area contributed by atoms with Crippen LogP contribution in [-0.4, -0.2) is 0 Å². The van der Waals surface area contributed by atoms with Crippen LogP contribution in [0.15, 0.2) is 91.0 Å². The Hall–Kier alpha value is -3.35. The third-order valence-electron chi connectivity index (χ3n) is 5.78. The standard InChI is InChI=1S/C26H15O2P/c1-2-8-18-15-24-23(14-17(18)7-1)28-21-11-5-10-20-26(21)29(24)25-19-9-4-3-6-16(19)12-13-22(25)27-20/h1-15H. The van der Waals surface area contributed by atoms with Crippen molar-refractivity contribution >= 4 is 45.4 Å². The third kappa shape index (κ3) is 2.10. The van der Waals surface area contributed by atoms with Gasteiger partial charge in [-0.25, -0.2) is 0 Å². The molecule has 7 rings (SSSR count). The molecule has 0 radical (unpaired) electrons. The van der Waals surface area contributed by atoms with Crippen LogP contribution in [0.25, 0.3) is 21.5 Å². The van der Waals surface area contributed by atoms with Crippen molar-refractivity contribution in [1.82, 2.24) is 0 Å². The lowest BCUT2D eigenvalue weighted by molar-refractivity contribution is 0.467. The maximum Gasteiger partial charge on any atom is 0.139 e. The average molecular weight is 390 g/mol. The van der Waals surface area contributed by atoms with Crippen molar-refractivity contribution in [2.45, 2.75) is 0 Å². The van der Waals surface area contributed by atoms with E-state index >= 15 is 0 Å². The maximum atomic E-state index is 6.40. The molecular formula is C26H15O2P. The molecule has 2 nitrogen and oxygen atoms in total. The lowest BCUT2D eigenvalue weighted by Crippen LogP contribution is -2.32. The number of fused-ring (bicyclic) bond motifs is 7. The van der Waals surface area contributed by atoms with E-state index in [1.54, 1.807) is 0 Å². The summed E-state index contributed by atoms with van der Waals surface area (Å²) in [6.07, 6.45) is 0. The first-order valence-electron chi connectivity index (χ1n) is 9.70. The molecule has 0 N–H and O–H groups in total. The number of ether oxygens (including phenoxy) is 2. The highest BCUT2D eigenvalue weighted by atomic mass is 31.1. The molecule has 0 saturated heterocycles. The summed E-state index contributed by atoms with van der Waals surface area (Å²) in [5, 5.41) is 8.69. The summed E-state index contributed by atoms with van der Waals surface area (Å²) < 4.78 is 12.8. The molecule has 5 aromatic carbocycles. The molecule has 2 aliphatic rings. The van der Waals surface area contributed by atoms with Gasteiger partial charge in [-0.3, -0.25) is 0 Å². The molecule has 0 spiro atoms. The largest absolute Gasteiger partial charge is 0.456 e. The monoisotopic (exact) mass is 390 g/mol. The van der Waals surface area contributed by atoms with Gasteiger partial charge in [0.25, 0.3) is 0 Å². The molecule has 0 amide bonds. The third-order valence-corrected chi connectivity index (χ3v) is 8.41. The topological polar surface area (TPSA) is 18.5 Å². The summed E-state index contributed by atoms with van der Waals surface area (Å²) in [7, 11) is -0.774. The van der Waals surface area contributed by atoms with Crippen LogP contribution < -0.4 is 25.4 Å². The number of hydrogen-bond donors (Lipinski definition) is 0. The van der Waals surface area contributed by atoms with Crippen LogP contribution in [0.3, 0.4) is 0 Å². The SMILES string of the molecule is c1cc2c3c(c1)Oc1ccc4ccccc4c1P3c1cc3ccccc3cc1O2. The lowest BCUT2D eigenvalue weighted by Gasteiger charge is -2.35. The molecule has 1 unspecified atom stereocenters. The van der Waals surface area contributed by atoms with E-state index in [0.29, 0.717) is 0 Å². The van der Waals surface area contributed by atoms with Crippen molar-refractivity contribution in [3.63, 3.8) is 0 Å². The Labute approximate surface area is 169 Å². The van der Waals surface area contributed by atoms with Gasteiger partial charge in [0.15, 0.2) is 0 Å². The molecule has 136 valence electrons. The summed E-state index contributed by atoms with van der Waals surface area (Å²) in [6, 6.07) is 32.0. The summed E-state index contributed by atoms with van der Waals surface area (Å²) in [5.41, 5.74) is 0. The van der Waals surface area contributed by atoms with E-state index in [1.165, 1.54) is 37.5 Å². The molecule has 3 heteroatoms. The Kier molecular flexibility index (Phi) is 3.00. The number of rotatable bonds is 0. The fourth-order valence-corrected chi connectivity index (χ4v) is 7.26. The molecule has 0 aliphatic carbocycles. The van der Waals surface area contributed by atoms with Crippen molar-refractivity contribution in [3.8, 4) is 23.0 Å². The van der Waals surface area contributed by atoms with Gasteiger partial charge >= 0.3 is 0 Å². The first kappa shape index (κ1) is 15.6. The highest BCUT2D eigenvalue weighted by Gasteiger charge is 2.37. The summed E-state index contributed by atoms with van der Waals surface area (Å²) in [4.78, 5) is 0. The van der Waals surface area contributed by atoms with Gasteiger partial charge in [-0.2, -0.15) is 0 Å². The van der Waals surface area contributed by atoms with Crippen molar-refractivity contribution < 1.29 is 9.47 Å². The van der Waals surface area contributed by atoms with Gasteiger partial charge in [-0.15, -0.1) is 0 Å². The fraction of sp³-hybridized carbons (Fsp3) is 0. The second-order valence-corrected chi connectivity index (χ2v) is 9.49. The van der Waals surface area contributed by atoms with Crippen LogP contribution in [-0.2, 0) is 0 Å². The summed E-state index contributed by atoms with van der Waals surface area (Å²) >= 11 is 0. The van der Waals surface area contributed by atoms with Crippen molar-refractivity contribution in [3.05, 3.63) is 91.0 Å². The minimum Gasteiger partial charge on any atom is -0.456 e. The quantitative estimate of drug-likeness (QED) is 0.297. The summed E-state index contributed by atoms with van der Waals surface area (Å²) in [5.74, 6) is 3.74. The first-order valence-corrected chi connectivity index (χ1v) is 11.0. The molecule has 29 heavy (non-hydrogen) atoms. The van der Waals surface area contributed by atoms with Crippen LogP contribution in [0.1, 0.15) is 0 Å². The van der Waals surface area contributed by atoms with Gasteiger partial charge in [0, 0.05) is 18.5 Å².